The molecule has 3 heterocycles. The average Bonchev–Trinajstić information content (AvgIpc) is 2.85. The number of nitrogens with zero attached hydrogens (tertiary/aromatic N) is 3. The lowest BCUT2D eigenvalue weighted by molar-refractivity contribution is 0.309. The first-order valence-corrected chi connectivity index (χ1v) is 6.90. The highest BCUT2D eigenvalue weighted by Crippen LogP contribution is 2.27. The smallest absolute Gasteiger partial charge is 0.138 e. The molecule has 0 radical (unpaired) electrons. The van der Waals surface area contributed by atoms with E-state index in [-0.39, 0.29) is 0 Å². The van der Waals surface area contributed by atoms with Gasteiger partial charge in [-0.1, -0.05) is 16.1 Å². The lowest BCUT2D eigenvalue weighted by Gasteiger charge is -2.24. The van der Waals surface area contributed by atoms with Crippen molar-refractivity contribution in [1.82, 2.24) is 19.8 Å². The number of halogens is 1. The van der Waals surface area contributed by atoms with Crippen LogP contribution in [0, 0.1) is 5.92 Å². The fourth-order valence-corrected chi connectivity index (χ4v) is 3.38. The van der Waals surface area contributed by atoms with Gasteiger partial charge in [0.1, 0.15) is 10.0 Å². The molecule has 0 amide bonds. The molecule has 2 saturated heterocycles. The fraction of sp³-hybridized carbons (Fsp3) is 0.800. The highest BCUT2D eigenvalue weighted by molar-refractivity contribution is 7.10. The van der Waals surface area contributed by atoms with Gasteiger partial charge in [0.15, 0.2) is 0 Å². The van der Waals surface area contributed by atoms with Crippen molar-refractivity contribution >= 4 is 23.1 Å². The van der Waals surface area contributed by atoms with Crippen LogP contribution in [0.1, 0.15) is 18.5 Å². The highest BCUT2D eigenvalue weighted by Gasteiger charge is 2.34. The third-order valence-electron chi connectivity index (χ3n) is 3.56. The van der Waals surface area contributed by atoms with Crippen molar-refractivity contribution in [3.63, 3.8) is 0 Å². The Labute approximate surface area is 104 Å². The van der Waals surface area contributed by atoms with Crippen LogP contribution in [0.5, 0.6) is 0 Å². The average molecular weight is 259 g/mol. The van der Waals surface area contributed by atoms with Crippen LogP contribution in [0.15, 0.2) is 0 Å². The summed E-state index contributed by atoms with van der Waals surface area (Å²) in [6, 6.07) is 0.680. The van der Waals surface area contributed by atoms with Crippen LogP contribution in [0.2, 0.25) is 4.34 Å². The number of fused-ring (bicyclic) bond motifs is 1. The SMILES string of the molecule is Clc1snnc1CN1CC2CCCNC2C1. The van der Waals surface area contributed by atoms with Crippen molar-refractivity contribution < 1.29 is 0 Å². The maximum atomic E-state index is 6.02. The maximum Gasteiger partial charge on any atom is 0.138 e. The number of hydrogen-bond donors (Lipinski definition) is 1. The number of piperidine rings is 1. The van der Waals surface area contributed by atoms with Crippen molar-refractivity contribution in [1.29, 1.82) is 0 Å². The number of likely N-dealkylation sites (tertiary alicyclic amines) is 1. The van der Waals surface area contributed by atoms with Crippen LogP contribution in [-0.4, -0.2) is 40.2 Å². The molecule has 2 unspecified atom stereocenters. The molecule has 6 heteroatoms. The van der Waals surface area contributed by atoms with Gasteiger partial charge >= 0.3 is 0 Å². The minimum absolute atomic E-state index is 0.680. The van der Waals surface area contributed by atoms with Crippen LogP contribution in [0.3, 0.4) is 0 Å². The largest absolute Gasteiger partial charge is 0.312 e. The van der Waals surface area contributed by atoms with Gasteiger partial charge in [-0.3, -0.25) is 4.90 Å². The second-order valence-electron chi connectivity index (χ2n) is 4.65. The summed E-state index contributed by atoms with van der Waals surface area (Å²) in [5, 5.41) is 7.67. The standard InChI is InChI=1S/C10H15ClN4S/c11-10-9(13-14-16-10)6-15-4-7-2-1-3-12-8(7)5-15/h7-8,12H,1-6H2. The Morgan fingerprint density at radius 1 is 1.50 bits per heavy atom. The van der Waals surface area contributed by atoms with Gasteiger partial charge in [0.25, 0.3) is 0 Å². The summed E-state index contributed by atoms with van der Waals surface area (Å²) in [6.45, 7) is 4.32. The molecule has 0 saturated carbocycles. The van der Waals surface area contributed by atoms with Crippen molar-refractivity contribution in [2.24, 2.45) is 5.92 Å². The first-order valence-electron chi connectivity index (χ1n) is 5.75. The summed E-state index contributed by atoms with van der Waals surface area (Å²) in [4.78, 5) is 2.44. The molecule has 4 nitrogen and oxygen atoms in total. The van der Waals surface area contributed by atoms with Gasteiger partial charge in [-0.2, -0.15) is 0 Å². The van der Waals surface area contributed by atoms with Crippen molar-refractivity contribution in [3.8, 4) is 0 Å². The zero-order chi connectivity index (χ0) is 11.0. The van der Waals surface area contributed by atoms with Gasteiger partial charge in [-0.25, -0.2) is 0 Å². The van der Waals surface area contributed by atoms with E-state index < -0.39 is 0 Å². The second-order valence-corrected chi connectivity index (χ2v) is 6.01. The molecule has 1 aromatic rings. The maximum absolute atomic E-state index is 6.02. The Morgan fingerprint density at radius 2 is 2.44 bits per heavy atom. The Kier molecular flexibility index (Phi) is 3.11. The Balaban J connectivity index is 1.63. The lowest BCUT2D eigenvalue weighted by atomic mass is 9.94. The van der Waals surface area contributed by atoms with E-state index in [2.05, 4.69) is 19.8 Å². The predicted octanol–water partition coefficient (Wildman–Crippen LogP) is 1.38. The number of rotatable bonds is 2. The highest BCUT2D eigenvalue weighted by atomic mass is 35.5. The van der Waals surface area contributed by atoms with Gasteiger partial charge in [0, 0.05) is 37.2 Å². The zero-order valence-electron chi connectivity index (χ0n) is 9.03. The summed E-state index contributed by atoms with van der Waals surface area (Å²) in [7, 11) is 0. The molecule has 1 aromatic heterocycles. The summed E-state index contributed by atoms with van der Waals surface area (Å²) in [5.74, 6) is 0.819. The fourth-order valence-electron chi connectivity index (χ4n) is 2.77. The number of nitrogens with one attached hydrogen (secondary N) is 1. The van der Waals surface area contributed by atoms with E-state index in [0.29, 0.717) is 6.04 Å². The van der Waals surface area contributed by atoms with Crippen LogP contribution in [-0.2, 0) is 6.54 Å². The zero-order valence-corrected chi connectivity index (χ0v) is 10.6. The van der Waals surface area contributed by atoms with E-state index in [1.54, 1.807) is 0 Å². The molecule has 2 atom stereocenters. The van der Waals surface area contributed by atoms with E-state index in [1.807, 2.05) is 0 Å². The third-order valence-corrected chi connectivity index (χ3v) is 4.54. The molecule has 88 valence electrons. The quantitative estimate of drug-likeness (QED) is 0.870. The lowest BCUT2D eigenvalue weighted by Crippen LogP contribution is -2.40. The van der Waals surface area contributed by atoms with E-state index in [1.165, 1.54) is 37.5 Å². The topological polar surface area (TPSA) is 41.1 Å². The van der Waals surface area contributed by atoms with Gasteiger partial charge in [0.05, 0.1) is 0 Å². The van der Waals surface area contributed by atoms with Crippen molar-refractivity contribution in [2.75, 3.05) is 19.6 Å². The van der Waals surface area contributed by atoms with Crippen LogP contribution in [0.4, 0.5) is 0 Å². The van der Waals surface area contributed by atoms with E-state index >= 15 is 0 Å². The van der Waals surface area contributed by atoms with Crippen LogP contribution < -0.4 is 5.32 Å². The van der Waals surface area contributed by atoms with Gasteiger partial charge in [-0.05, 0) is 25.3 Å². The number of hydrogen-bond acceptors (Lipinski definition) is 5. The molecule has 0 bridgehead atoms. The molecular formula is C10H15ClN4S. The molecule has 0 aromatic carbocycles. The van der Waals surface area contributed by atoms with E-state index in [4.69, 9.17) is 11.6 Å². The predicted molar refractivity (Wildman–Crippen MR) is 64.7 cm³/mol. The second kappa shape index (κ2) is 4.56. The molecule has 0 aliphatic carbocycles. The normalized spacial score (nSPS) is 30.6. The van der Waals surface area contributed by atoms with E-state index in [0.717, 1.165) is 29.0 Å². The minimum atomic E-state index is 0.680. The Bertz CT molecular complexity index is 355. The molecule has 2 fully saturated rings. The summed E-state index contributed by atoms with van der Waals surface area (Å²) >= 11 is 7.30. The van der Waals surface area contributed by atoms with Crippen molar-refractivity contribution in [3.05, 3.63) is 10.0 Å². The van der Waals surface area contributed by atoms with Crippen LogP contribution >= 0.6 is 23.1 Å². The molecule has 2 aliphatic rings. The van der Waals surface area contributed by atoms with Crippen LogP contribution in [0.25, 0.3) is 0 Å². The Morgan fingerprint density at radius 3 is 3.19 bits per heavy atom. The summed E-state index contributed by atoms with van der Waals surface area (Å²) in [6.07, 6.45) is 2.67. The molecule has 1 N–H and O–H groups in total. The molecule has 16 heavy (non-hydrogen) atoms. The monoisotopic (exact) mass is 258 g/mol. The number of aromatic nitrogens is 2. The van der Waals surface area contributed by atoms with Crippen molar-refractivity contribution in [2.45, 2.75) is 25.4 Å². The molecule has 0 spiro atoms. The summed E-state index contributed by atoms with van der Waals surface area (Å²) < 4.78 is 4.61. The minimum Gasteiger partial charge on any atom is -0.312 e. The Hall–Kier alpha value is -0.230. The summed E-state index contributed by atoms with van der Waals surface area (Å²) in [5.41, 5.74) is 0.935. The van der Waals surface area contributed by atoms with Gasteiger partial charge in [-0.15, -0.1) is 5.10 Å². The molecule has 2 aliphatic heterocycles. The molecule has 3 rings (SSSR count). The first kappa shape index (κ1) is 10.9. The third kappa shape index (κ3) is 2.09. The van der Waals surface area contributed by atoms with Gasteiger partial charge < -0.3 is 5.32 Å². The van der Waals surface area contributed by atoms with E-state index in [9.17, 15) is 0 Å². The molecular weight excluding hydrogens is 244 g/mol. The first-order chi connectivity index (χ1) is 7.83. The van der Waals surface area contributed by atoms with Gasteiger partial charge in [0.2, 0.25) is 0 Å².